The van der Waals surface area contributed by atoms with Crippen molar-refractivity contribution in [1.29, 1.82) is 0 Å². The number of pyridine rings is 1. The van der Waals surface area contributed by atoms with Gasteiger partial charge in [0.05, 0.1) is 11.1 Å². The van der Waals surface area contributed by atoms with Gasteiger partial charge in [0.1, 0.15) is 5.82 Å². The molecule has 0 aliphatic carbocycles. The average molecular weight is 296 g/mol. The van der Waals surface area contributed by atoms with Crippen molar-refractivity contribution in [3.8, 4) is 0 Å². The molecule has 1 aromatic carbocycles. The van der Waals surface area contributed by atoms with Gasteiger partial charge < -0.3 is 4.90 Å². The Hall–Kier alpha value is -1.78. The van der Waals surface area contributed by atoms with Crippen LogP contribution in [0.1, 0.15) is 32.3 Å². The van der Waals surface area contributed by atoms with Gasteiger partial charge in [0, 0.05) is 18.5 Å². The van der Waals surface area contributed by atoms with Crippen molar-refractivity contribution in [3.63, 3.8) is 0 Å². The van der Waals surface area contributed by atoms with Gasteiger partial charge in [-0.2, -0.15) is 13.2 Å². The number of benzene rings is 1. The molecule has 0 bridgehead atoms. The molecule has 21 heavy (non-hydrogen) atoms. The molecule has 0 aliphatic rings. The molecular formula is C16H19F3N2. The summed E-state index contributed by atoms with van der Waals surface area (Å²) >= 11 is 0. The zero-order valence-corrected chi connectivity index (χ0v) is 12.2. The maximum atomic E-state index is 12.7. The minimum atomic E-state index is -4.32. The third kappa shape index (κ3) is 3.65. The van der Waals surface area contributed by atoms with Crippen LogP contribution in [0.4, 0.5) is 19.0 Å². The van der Waals surface area contributed by atoms with Gasteiger partial charge in [-0.3, -0.25) is 0 Å². The first-order valence-corrected chi connectivity index (χ1v) is 7.18. The number of halogens is 3. The number of aromatic nitrogens is 1. The van der Waals surface area contributed by atoms with E-state index in [-0.39, 0.29) is 0 Å². The fourth-order valence-corrected chi connectivity index (χ4v) is 2.35. The van der Waals surface area contributed by atoms with Crippen LogP contribution in [0, 0.1) is 0 Å². The fraction of sp³-hybridized carbons (Fsp3) is 0.438. The first-order chi connectivity index (χ1) is 9.95. The monoisotopic (exact) mass is 296 g/mol. The Morgan fingerprint density at radius 3 is 2.24 bits per heavy atom. The summed E-state index contributed by atoms with van der Waals surface area (Å²) in [6.07, 6.45) is -2.30. The summed E-state index contributed by atoms with van der Waals surface area (Å²) in [5.41, 5.74) is -0.0405. The highest BCUT2D eigenvalue weighted by Gasteiger charge is 2.30. The molecule has 0 N–H and O–H groups in total. The third-order valence-corrected chi connectivity index (χ3v) is 3.31. The topological polar surface area (TPSA) is 16.1 Å². The molecule has 0 amide bonds. The van der Waals surface area contributed by atoms with Crippen molar-refractivity contribution >= 4 is 16.7 Å². The van der Waals surface area contributed by atoms with Crippen LogP contribution in [0.25, 0.3) is 10.9 Å². The molecule has 0 saturated carbocycles. The minimum absolute atomic E-state index is 0.515. The lowest BCUT2D eigenvalue weighted by Gasteiger charge is -2.22. The molecular weight excluding hydrogens is 277 g/mol. The van der Waals surface area contributed by atoms with E-state index in [0.29, 0.717) is 10.9 Å². The van der Waals surface area contributed by atoms with Gasteiger partial charge in [0.15, 0.2) is 0 Å². The lowest BCUT2D eigenvalue weighted by Crippen LogP contribution is -2.25. The van der Waals surface area contributed by atoms with Gasteiger partial charge in [-0.05, 0) is 43.2 Å². The molecule has 114 valence electrons. The van der Waals surface area contributed by atoms with Crippen LogP contribution < -0.4 is 4.90 Å². The zero-order valence-electron chi connectivity index (χ0n) is 12.2. The smallest absolute Gasteiger partial charge is 0.357 e. The van der Waals surface area contributed by atoms with Crippen LogP contribution in [-0.2, 0) is 6.18 Å². The van der Waals surface area contributed by atoms with E-state index in [0.717, 1.165) is 43.9 Å². The van der Waals surface area contributed by atoms with Gasteiger partial charge >= 0.3 is 6.18 Å². The second-order valence-electron chi connectivity index (χ2n) is 5.06. The van der Waals surface area contributed by atoms with Crippen molar-refractivity contribution in [2.75, 3.05) is 18.0 Å². The van der Waals surface area contributed by atoms with Crippen LogP contribution in [0.2, 0.25) is 0 Å². The Kier molecular flexibility index (Phi) is 4.70. The summed E-state index contributed by atoms with van der Waals surface area (Å²) in [4.78, 5) is 6.66. The lowest BCUT2D eigenvalue weighted by molar-refractivity contribution is -0.137. The molecule has 0 radical (unpaired) electrons. The van der Waals surface area contributed by atoms with Crippen molar-refractivity contribution in [3.05, 3.63) is 35.9 Å². The second-order valence-corrected chi connectivity index (χ2v) is 5.06. The molecule has 2 rings (SSSR count). The number of nitrogens with zero attached hydrogens (tertiary/aromatic N) is 2. The van der Waals surface area contributed by atoms with Gasteiger partial charge in [-0.15, -0.1) is 0 Å². The Labute approximate surface area is 122 Å². The van der Waals surface area contributed by atoms with Gasteiger partial charge in [-0.25, -0.2) is 4.98 Å². The second kappa shape index (κ2) is 6.33. The summed E-state index contributed by atoms with van der Waals surface area (Å²) in [7, 11) is 0. The van der Waals surface area contributed by atoms with Gasteiger partial charge in [-0.1, -0.05) is 13.8 Å². The Bertz CT molecular complexity index is 602. The highest BCUT2D eigenvalue weighted by atomic mass is 19.4. The van der Waals surface area contributed by atoms with Crippen molar-refractivity contribution in [1.82, 2.24) is 4.98 Å². The highest BCUT2D eigenvalue weighted by Crippen LogP contribution is 2.31. The van der Waals surface area contributed by atoms with E-state index in [2.05, 4.69) is 23.7 Å². The highest BCUT2D eigenvalue weighted by molar-refractivity contribution is 5.81. The van der Waals surface area contributed by atoms with Crippen LogP contribution >= 0.6 is 0 Å². The number of hydrogen-bond donors (Lipinski definition) is 0. The molecule has 1 heterocycles. The van der Waals surface area contributed by atoms with E-state index in [1.807, 2.05) is 0 Å². The summed E-state index contributed by atoms with van der Waals surface area (Å²) < 4.78 is 38.1. The van der Waals surface area contributed by atoms with Crippen LogP contribution in [-0.4, -0.2) is 18.1 Å². The molecule has 0 saturated heterocycles. The number of rotatable bonds is 5. The van der Waals surface area contributed by atoms with Crippen molar-refractivity contribution in [2.45, 2.75) is 32.9 Å². The maximum Gasteiger partial charge on any atom is 0.416 e. The maximum absolute atomic E-state index is 12.7. The normalized spacial score (nSPS) is 11.9. The summed E-state index contributed by atoms with van der Waals surface area (Å²) in [5.74, 6) is 0.825. The van der Waals surface area contributed by atoms with E-state index in [1.165, 1.54) is 6.07 Å². The summed E-state index contributed by atoms with van der Waals surface area (Å²) in [6.45, 7) is 5.98. The lowest BCUT2D eigenvalue weighted by atomic mass is 10.1. The van der Waals surface area contributed by atoms with E-state index in [1.54, 1.807) is 12.1 Å². The van der Waals surface area contributed by atoms with Crippen LogP contribution in [0.3, 0.4) is 0 Å². The standard InChI is InChI=1S/C16H19F3N2/c1-3-9-21(10-4-2)15-8-5-12-11-13(16(17,18)19)6-7-14(12)20-15/h5-8,11H,3-4,9-10H2,1-2H3. The largest absolute Gasteiger partial charge is 0.416 e. The Morgan fingerprint density at radius 2 is 1.67 bits per heavy atom. The van der Waals surface area contributed by atoms with Crippen LogP contribution in [0.5, 0.6) is 0 Å². The van der Waals surface area contributed by atoms with Gasteiger partial charge in [0.2, 0.25) is 0 Å². The summed E-state index contributed by atoms with van der Waals surface area (Å²) in [5, 5.41) is 0.515. The number of fused-ring (bicyclic) bond motifs is 1. The molecule has 5 heteroatoms. The summed E-state index contributed by atoms with van der Waals surface area (Å²) in [6, 6.07) is 7.19. The van der Waals surface area contributed by atoms with E-state index in [4.69, 9.17) is 0 Å². The molecule has 0 spiro atoms. The Balaban J connectivity index is 2.38. The van der Waals surface area contributed by atoms with Crippen molar-refractivity contribution < 1.29 is 13.2 Å². The van der Waals surface area contributed by atoms with Gasteiger partial charge in [0.25, 0.3) is 0 Å². The van der Waals surface area contributed by atoms with Crippen LogP contribution in [0.15, 0.2) is 30.3 Å². The van der Waals surface area contributed by atoms with E-state index in [9.17, 15) is 13.2 Å². The number of alkyl halides is 3. The number of hydrogen-bond acceptors (Lipinski definition) is 2. The molecule has 2 aromatic rings. The predicted molar refractivity (Wildman–Crippen MR) is 79.5 cm³/mol. The molecule has 2 nitrogen and oxygen atoms in total. The fourth-order valence-electron chi connectivity index (χ4n) is 2.35. The molecule has 0 atom stereocenters. The molecule has 0 fully saturated rings. The average Bonchev–Trinajstić information content (AvgIpc) is 2.45. The zero-order chi connectivity index (χ0) is 15.5. The van der Waals surface area contributed by atoms with E-state index < -0.39 is 11.7 Å². The SMILES string of the molecule is CCCN(CCC)c1ccc2cc(C(F)(F)F)ccc2n1. The first-order valence-electron chi connectivity index (χ1n) is 7.18. The molecule has 0 unspecified atom stereocenters. The first kappa shape index (κ1) is 15.6. The Morgan fingerprint density at radius 1 is 1.00 bits per heavy atom. The third-order valence-electron chi connectivity index (χ3n) is 3.31. The number of anilines is 1. The molecule has 1 aromatic heterocycles. The minimum Gasteiger partial charge on any atom is -0.357 e. The van der Waals surface area contributed by atoms with E-state index >= 15 is 0 Å². The molecule has 0 aliphatic heterocycles. The quantitative estimate of drug-likeness (QED) is 0.781. The predicted octanol–water partition coefficient (Wildman–Crippen LogP) is 4.88. The van der Waals surface area contributed by atoms with Crippen molar-refractivity contribution in [2.24, 2.45) is 0 Å².